The smallest absolute Gasteiger partial charge is 0.0951 e. The molecule has 1 fully saturated rings. The van der Waals surface area contributed by atoms with E-state index in [0.717, 1.165) is 19.0 Å². The number of hydrogen-bond donors (Lipinski definition) is 1. The Bertz CT molecular complexity index is 324. The molecule has 0 radical (unpaired) electrons. The fourth-order valence-corrected chi connectivity index (χ4v) is 2.37. The maximum absolute atomic E-state index is 4.27. The molecule has 0 bridgehead atoms. The van der Waals surface area contributed by atoms with Gasteiger partial charge in [0.05, 0.1) is 12.0 Å². The van der Waals surface area contributed by atoms with Gasteiger partial charge in [0.25, 0.3) is 0 Å². The lowest BCUT2D eigenvalue weighted by Crippen LogP contribution is -2.27. The molecule has 0 aliphatic heterocycles. The van der Waals surface area contributed by atoms with Crippen molar-refractivity contribution in [2.24, 2.45) is 11.8 Å². The molecule has 0 saturated heterocycles. The lowest BCUT2D eigenvalue weighted by molar-refractivity contribution is 0.211. The van der Waals surface area contributed by atoms with Crippen LogP contribution in [0.15, 0.2) is 12.5 Å². The number of hydrogen-bond acceptors (Lipinski definition) is 2. The zero-order valence-electron chi connectivity index (χ0n) is 10.6. The maximum Gasteiger partial charge on any atom is 0.0951 e. The van der Waals surface area contributed by atoms with E-state index < -0.39 is 0 Å². The molecule has 0 atom stereocenters. The molecule has 16 heavy (non-hydrogen) atoms. The Morgan fingerprint density at radius 1 is 1.50 bits per heavy atom. The van der Waals surface area contributed by atoms with Crippen LogP contribution in [-0.4, -0.2) is 16.1 Å². The van der Waals surface area contributed by atoms with E-state index in [1.165, 1.54) is 18.5 Å². The minimum Gasteiger partial charge on any atom is -0.330 e. The van der Waals surface area contributed by atoms with Gasteiger partial charge in [-0.2, -0.15) is 0 Å². The number of aromatic nitrogens is 2. The van der Waals surface area contributed by atoms with Crippen molar-refractivity contribution >= 4 is 0 Å². The van der Waals surface area contributed by atoms with Crippen molar-refractivity contribution in [3.05, 3.63) is 18.2 Å². The van der Waals surface area contributed by atoms with Crippen molar-refractivity contribution in [2.75, 3.05) is 6.54 Å². The Morgan fingerprint density at radius 3 is 2.88 bits per heavy atom. The highest BCUT2D eigenvalue weighted by atomic mass is 15.1. The minimum atomic E-state index is 0.702. The van der Waals surface area contributed by atoms with Crippen LogP contribution in [-0.2, 0) is 6.54 Å². The normalized spacial score (nSPS) is 24.8. The van der Waals surface area contributed by atoms with E-state index in [-0.39, 0.29) is 0 Å². The molecular formula is C13H23N3. The van der Waals surface area contributed by atoms with Gasteiger partial charge in [-0.25, -0.2) is 4.98 Å². The molecule has 1 N–H and O–H groups in total. The number of rotatable bonds is 5. The molecule has 2 rings (SSSR count). The molecule has 3 heteroatoms. The van der Waals surface area contributed by atoms with Gasteiger partial charge in [-0.3, -0.25) is 0 Å². The fraction of sp³-hybridized carbons (Fsp3) is 0.769. The van der Waals surface area contributed by atoms with Gasteiger partial charge in [-0.05, 0) is 31.2 Å². The summed E-state index contributed by atoms with van der Waals surface area (Å²) >= 11 is 0. The van der Waals surface area contributed by atoms with E-state index in [0.29, 0.717) is 12.0 Å². The molecule has 3 nitrogen and oxygen atoms in total. The van der Waals surface area contributed by atoms with Crippen molar-refractivity contribution in [1.29, 1.82) is 0 Å². The Morgan fingerprint density at radius 2 is 2.25 bits per heavy atom. The van der Waals surface area contributed by atoms with E-state index in [1.54, 1.807) is 0 Å². The molecule has 0 unspecified atom stereocenters. The molecular weight excluding hydrogens is 198 g/mol. The monoisotopic (exact) mass is 221 g/mol. The summed E-state index contributed by atoms with van der Waals surface area (Å²) in [7, 11) is 0. The first-order valence-corrected chi connectivity index (χ1v) is 6.38. The number of nitrogens with one attached hydrogen (secondary N) is 1. The van der Waals surface area contributed by atoms with Gasteiger partial charge < -0.3 is 9.88 Å². The van der Waals surface area contributed by atoms with Crippen LogP contribution < -0.4 is 5.32 Å². The first kappa shape index (κ1) is 11.6. The summed E-state index contributed by atoms with van der Waals surface area (Å²) < 4.78 is 2.35. The Hall–Kier alpha value is -0.830. The summed E-state index contributed by atoms with van der Waals surface area (Å²) in [5.41, 5.74) is 1.33. The third kappa shape index (κ3) is 2.64. The number of nitrogens with zero attached hydrogens (tertiary/aromatic N) is 2. The van der Waals surface area contributed by atoms with Crippen molar-refractivity contribution in [3.8, 4) is 0 Å². The molecule has 0 amide bonds. The van der Waals surface area contributed by atoms with Crippen LogP contribution in [0.1, 0.15) is 45.3 Å². The molecule has 1 saturated carbocycles. The van der Waals surface area contributed by atoms with Crippen LogP contribution in [0, 0.1) is 11.8 Å². The lowest BCUT2D eigenvalue weighted by atomic mass is 9.81. The van der Waals surface area contributed by atoms with E-state index in [2.05, 4.69) is 35.6 Å². The summed E-state index contributed by atoms with van der Waals surface area (Å²) in [6, 6.07) is 0.702. The van der Waals surface area contributed by atoms with Crippen LogP contribution >= 0.6 is 0 Å². The highest BCUT2D eigenvalue weighted by Crippen LogP contribution is 2.37. The SMILES string of the molecule is CC(C)CNCc1cncn1C1CC(C)C1. The van der Waals surface area contributed by atoms with Gasteiger partial charge in [0.1, 0.15) is 0 Å². The van der Waals surface area contributed by atoms with E-state index in [9.17, 15) is 0 Å². The van der Waals surface area contributed by atoms with Gasteiger partial charge in [0.15, 0.2) is 0 Å². The molecule has 1 aliphatic rings. The Kier molecular flexibility index (Phi) is 3.64. The summed E-state index contributed by atoms with van der Waals surface area (Å²) in [6.07, 6.45) is 6.61. The molecule has 0 aromatic carbocycles. The molecule has 1 aliphatic carbocycles. The van der Waals surface area contributed by atoms with E-state index >= 15 is 0 Å². The van der Waals surface area contributed by atoms with Gasteiger partial charge in [-0.15, -0.1) is 0 Å². The molecule has 90 valence electrons. The van der Waals surface area contributed by atoms with Crippen LogP contribution in [0.4, 0.5) is 0 Å². The maximum atomic E-state index is 4.27. The summed E-state index contributed by atoms with van der Waals surface area (Å²) in [5.74, 6) is 1.60. The predicted octanol–water partition coefficient (Wildman–Crippen LogP) is 2.60. The summed E-state index contributed by atoms with van der Waals surface area (Å²) in [5, 5.41) is 3.48. The summed E-state index contributed by atoms with van der Waals surface area (Å²) in [6.45, 7) is 8.81. The molecule has 0 spiro atoms. The third-order valence-corrected chi connectivity index (χ3v) is 3.35. The van der Waals surface area contributed by atoms with Gasteiger partial charge in [0, 0.05) is 18.8 Å². The van der Waals surface area contributed by atoms with Crippen molar-refractivity contribution in [1.82, 2.24) is 14.9 Å². The lowest BCUT2D eigenvalue weighted by Gasteiger charge is -2.34. The molecule has 1 aromatic rings. The van der Waals surface area contributed by atoms with Gasteiger partial charge >= 0.3 is 0 Å². The highest BCUT2D eigenvalue weighted by molar-refractivity contribution is 5.02. The molecule has 1 aromatic heterocycles. The fourth-order valence-electron chi connectivity index (χ4n) is 2.37. The second kappa shape index (κ2) is 5.00. The second-order valence-electron chi connectivity index (χ2n) is 5.55. The van der Waals surface area contributed by atoms with Crippen molar-refractivity contribution in [3.63, 3.8) is 0 Å². The highest BCUT2D eigenvalue weighted by Gasteiger charge is 2.27. The zero-order valence-corrected chi connectivity index (χ0v) is 10.6. The average Bonchev–Trinajstić information content (AvgIpc) is 2.60. The molecule has 1 heterocycles. The van der Waals surface area contributed by atoms with Crippen LogP contribution in [0.3, 0.4) is 0 Å². The predicted molar refractivity (Wildman–Crippen MR) is 66.2 cm³/mol. The van der Waals surface area contributed by atoms with Crippen LogP contribution in [0.2, 0.25) is 0 Å². The quantitative estimate of drug-likeness (QED) is 0.828. The van der Waals surface area contributed by atoms with Gasteiger partial charge in [-0.1, -0.05) is 20.8 Å². The number of imidazole rings is 1. The van der Waals surface area contributed by atoms with Crippen molar-refractivity contribution < 1.29 is 0 Å². The van der Waals surface area contributed by atoms with Crippen LogP contribution in [0.5, 0.6) is 0 Å². The van der Waals surface area contributed by atoms with Gasteiger partial charge in [0.2, 0.25) is 0 Å². The second-order valence-corrected chi connectivity index (χ2v) is 5.55. The zero-order chi connectivity index (χ0) is 11.5. The Balaban J connectivity index is 1.87. The standard InChI is InChI=1S/C13H23N3/c1-10(2)6-14-7-13-8-15-9-16(13)12-4-11(3)5-12/h8-12,14H,4-7H2,1-3H3. The van der Waals surface area contributed by atoms with Crippen molar-refractivity contribution in [2.45, 2.75) is 46.2 Å². The first-order chi connectivity index (χ1) is 7.66. The van der Waals surface area contributed by atoms with Crippen LogP contribution in [0.25, 0.3) is 0 Å². The third-order valence-electron chi connectivity index (χ3n) is 3.35. The average molecular weight is 221 g/mol. The Labute approximate surface area is 98.3 Å². The summed E-state index contributed by atoms with van der Waals surface area (Å²) in [4.78, 5) is 4.27. The first-order valence-electron chi connectivity index (χ1n) is 6.38. The topological polar surface area (TPSA) is 29.9 Å². The van der Waals surface area contributed by atoms with E-state index in [1.807, 2.05) is 12.5 Å². The largest absolute Gasteiger partial charge is 0.330 e. The van der Waals surface area contributed by atoms with E-state index in [4.69, 9.17) is 0 Å². The minimum absolute atomic E-state index is 0.702.